The summed E-state index contributed by atoms with van der Waals surface area (Å²) in [6.07, 6.45) is 3.69. The molecule has 0 saturated heterocycles. The van der Waals surface area contributed by atoms with Gasteiger partial charge in [0.05, 0.1) is 14.9 Å². The molecule has 1 aromatic heterocycles. The van der Waals surface area contributed by atoms with Crippen molar-refractivity contribution >= 4 is 55.7 Å². The minimum Gasteiger partial charge on any atom is -0.361 e. The maximum absolute atomic E-state index is 12.9. The Balaban J connectivity index is 1.37. The molecule has 0 bridgehead atoms. The molecule has 4 rings (SSSR count). The summed E-state index contributed by atoms with van der Waals surface area (Å²) in [5.74, 6) is -0.0631. The van der Waals surface area contributed by atoms with E-state index in [1.54, 1.807) is 6.07 Å². The average Bonchev–Trinajstić information content (AvgIpc) is 3.25. The third-order valence-corrected chi connectivity index (χ3v) is 8.35. The molecule has 5 nitrogen and oxygen atoms in total. The number of aromatic nitrogens is 1. The summed E-state index contributed by atoms with van der Waals surface area (Å²) in [6, 6.07) is 20.1. The zero-order valence-electron chi connectivity index (χ0n) is 18.9. The quantitative estimate of drug-likeness (QED) is 0.189. The molecule has 0 saturated carbocycles. The van der Waals surface area contributed by atoms with Gasteiger partial charge in [-0.2, -0.15) is 0 Å². The number of nitrogens with one attached hydrogen (secondary N) is 3. The van der Waals surface area contributed by atoms with E-state index in [1.165, 1.54) is 29.1 Å². The number of rotatable bonds is 11. The van der Waals surface area contributed by atoms with Gasteiger partial charge in [0, 0.05) is 28.7 Å². The van der Waals surface area contributed by atoms with Crippen molar-refractivity contribution in [3.8, 4) is 0 Å². The van der Waals surface area contributed by atoms with Gasteiger partial charge in [0.15, 0.2) is 0 Å². The first-order chi connectivity index (χ1) is 16.8. The molecule has 0 radical (unpaired) electrons. The molecule has 0 amide bonds. The van der Waals surface area contributed by atoms with Crippen LogP contribution in [-0.2, 0) is 16.4 Å². The average molecular weight is 551 g/mol. The fourth-order valence-corrected chi connectivity index (χ4v) is 5.72. The standard InChI is InChI=1S/C26H26Cl3N3O2S/c27-21-5-3-4-18(14-21)19(17-32-35(33,34)22-8-9-24(28)25(29)15-22)10-12-30-13-11-20-16-31-26-7-2-1-6-23(20)26/h1-9,14-16,19,30-32H,10-13,17H2. The lowest BCUT2D eigenvalue weighted by molar-refractivity contribution is 0.541. The van der Waals surface area contributed by atoms with Crippen LogP contribution in [0.4, 0.5) is 0 Å². The lowest BCUT2D eigenvalue weighted by Crippen LogP contribution is -2.30. The molecule has 0 fully saturated rings. The van der Waals surface area contributed by atoms with E-state index in [2.05, 4.69) is 33.4 Å². The topological polar surface area (TPSA) is 74.0 Å². The Labute approximate surface area is 220 Å². The highest BCUT2D eigenvalue weighted by molar-refractivity contribution is 7.89. The first-order valence-electron chi connectivity index (χ1n) is 11.3. The SMILES string of the molecule is O=S(=O)(NCC(CCNCCc1c[nH]c2ccccc12)c1cccc(Cl)c1)c1ccc(Cl)c(Cl)c1. The van der Waals surface area contributed by atoms with Crippen LogP contribution in [0.25, 0.3) is 10.9 Å². The molecule has 0 aliphatic carbocycles. The first-order valence-corrected chi connectivity index (χ1v) is 13.9. The summed E-state index contributed by atoms with van der Waals surface area (Å²) >= 11 is 18.2. The number of fused-ring (bicyclic) bond motifs is 1. The molecule has 0 aliphatic rings. The van der Waals surface area contributed by atoms with Crippen LogP contribution >= 0.6 is 34.8 Å². The monoisotopic (exact) mass is 549 g/mol. The maximum Gasteiger partial charge on any atom is 0.240 e. The Kier molecular flexibility index (Phi) is 8.76. The van der Waals surface area contributed by atoms with Crippen molar-refractivity contribution in [1.29, 1.82) is 0 Å². The van der Waals surface area contributed by atoms with Gasteiger partial charge in [-0.1, -0.05) is 65.1 Å². The van der Waals surface area contributed by atoms with E-state index in [4.69, 9.17) is 34.8 Å². The van der Waals surface area contributed by atoms with Gasteiger partial charge in [-0.25, -0.2) is 13.1 Å². The Morgan fingerprint density at radius 3 is 2.51 bits per heavy atom. The third kappa shape index (κ3) is 6.79. The largest absolute Gasteiger partial charge is 0.361 e. The van der Waals surface area contributed by atoms with Gasteiger partial charge in [0.2, 0.25) is 10.0 Å². The van der Waals surface area contributed by atoms with Crippen molar-refractivity contribution < 1.29 is 8.42 Å². The van der Waals surface area contributed by atoms with Crippen LogP contribution in [0.1, 0.15) is 23.5 Å². The van der Waals surface area contributed by atoms with Gasteiger partial charge < -0.3 is 10.3 Å². The van der Waals surface area contributed by atoms with E-state index < -0.39 is 10.0 Å². The minimum atomic E-state index is -3.75. The van der Waals surface area contributed by atoms with Gasteiger partial charge in [0.25, 0.3) is 0 Å². The number of halogens is 3. The number of H-pyrrole nitrogens is 1. The predicted molar refractivity (Wildman–Crippen MR) is 145 cm³/mol. The molecule has 1 atom stereocenters. The highest BCUT2D eigenvalue weighted by Crippen LogP contribution is 2.26. The van der Waals surface area contributed by atoms with Crippen molar-refractivity contribution in [3.05, 3.63) is 99.1 Å². The molecule has 0 aliphatic heterocycles. The number of benzene rings is 3. The fourth-order valence-electron chi connectivity index (χ4n) is 4.05. The smallest absolute Gasteiger partial charge is 0.240 e. The molecule has 1 unspecified atom stereocenters. The summed E-state index contributed by atoms with van der Waals surface area (Å²) in [4.78, 5) is 3.38. The summed E-state index contributed by atoms with van der Waals surface area (Å²) in [5.41, 5.74) is 3.39. The number of hydrogen-bond donors (Lipinski definition) is 3. The normalized spacial score (nSPS) is 12.8. The second-order valence-corrected chi connectivity index (χ2v) is 11.3. The summed E-state index contributed by atoms with van der Waals surface area (Å²) in [7, 11) is -3.75. The lowest BCUT2D eigenvalue weighted by atomic mass is 9.96. The maximum atomic E-state index is 12.9. The van der Waals surface area contributed by atoms with Crippen LogP contribution in [0, 0.1) is 0 Å². The molecule has 1 heterocycles. The fraction of sp³-hybridized carbons (Fsp3) is 0.231. The van der Waals surface area contributed by atoms with E-state index in [9.17, 15) is 8.42 Å². The van der Waals surface area contributed by atoms with Crippen LogP contribution in [-0.4, -0.2) is 33.0 Å². The molecule has 35 heavy (non-hydrogen) atoms. The second-order valence-electron chi connectivity index (χ2n) is 8.33. The van der Waals surface area contributed by atoms with E-state index in [-0.39, 0.29) is 22.4 Å². The van der Waals surface area contributed by atoms with Gasteiger partial charge in [0.1, 0.15) is 0 Å². The summed E-state index contributed by atoms with van der Waals surface area (Å²) in [6.45, 7) is 1.78. The van der Waals surface area contributed by atoms with Crippen LogP contribution in [0.3, 0.4) is 0 Å². The van der Waals surface area contributed by atoms with Crippen molar-refractivity contribution in [2.75, 3.05) is 19.6 Å². The van der Waals surface area contributed by atoms with Gasteiger partial charge in [-0.05, 0) is 79.4 Å². The summed E-state index contributed by atoms with van der Waals surface area (Å²) in [5, 5.41) is 5.85. The number of hydrogen-bond acceptors (Lipinski definition) is 3. The van der Waals surface area contributed by atoms with Gasteiger partial charge in [-0.15, -0.1) is 0 Å². The van der Waals surface area contributed by atoms with E-state index in [1.807, 2.05) is 30.3 Å². The Morgan fingerprint density at radius 2 is 1.71 bits per heavy atom. The van der Waals surface area contributed by atoms with Crippen LogP contribution in [0.5, 0.6) is 0 Å². The Bertz CT molecular complexity index is 1410. The molecule has 9 heteroatoms. The molecule has 4 aromatic rings. The Morgan fingerprint density at radius 1 is 0.886 bits per heavy atom. The van der Waals surface area contributed by atoms with Crippen LogP contribution in [0.15, 0.2) is 77.8 Å². The molecule has 3 aromatic carbocycles. The van der Waals surface area contributed by atoms with Crippen molar-refractivity contribution in [1.82, 2.24) is 15.0 Å². The number of para-hydroxylation sites is 1. The van der Waals surface area contributed by atoms with E-state index in [0.29, 0.717) is 10.0 Å². The number of sulfonamides is 1. The minimum absolute atomic E-state index is 0.0631. The number of aromatic amines is 1. The van der Waals surface area contributed by atoms with E-state index in [0.717, 1.165) is 37.0 Å². The molecule has 3 N–H and O–H groups in total. The molecular formula is C26H26Cl3N3O2S. The predicted octanol–water partition coefficient (Wildman–Crippen LogP) is 6.41. The molecular weight excluding hydrogens is 525 g/mol. The van der Waals surface area contributed by atoms with E-state index >= 15 is 0 Å². The van der Waals surface area contributed by atoms with Crippen molar-refractivity contribution in [2.24, 2.45) is 0 Å². The molecule has 0 spiro atoms. The van der Waals surface area contributed by atoms with Gasteiger partial charge >= 0.3 is 0 Å². The lowest BCUT2D eigenvalue weighted by Gasteiger charge is -2.19. The third-order valence-electron chi connectivity index (χ3n) is 5.96. The zero-order valence-corrected chi connectivity index (χ0v) is 22.0. The first kappa shape index (κ1) is 26.0. The van der Waals surface area contributed by atoms with Gasteiger partial charge in [-0.3, -0.25) is 0 Å². The highest BCUT2D eigenvalue weighted by Gasteiger charge is 2.19. The van der Waals surface area contributed by atoms with Crippen LogP contribution in [0.2, 0.25) is 15.1 Å². The van der Waals surface area contributed by atoms with Crippen molar-refractivity contribution in [3.63, 3.8) is 0 Å². The zero-order chi connectivity index (χ0) is 24.8. The Hall–Kier alpha value is -2.06. The van der Waals surface area contributed by atoms with Crippen molar-refractivity contribution in [2.45, 2.75) is 23.7 Å². The molecule has 184 valence electrons. The highest BCUT2D eigenvalue weighted by atomic mass is 35.5. The second kappa shape index (κ2) is 11.8. The summed E-state index contributed by atoms with van der Waals surface area (Å²) < 4.78 is 28.4. The van der Waals surface area contributed by atoms with Crippen LogP contribution < -0.4 is 10.0 Å².